The fourth-order valence-corrected chi connectivity index (χ4v) is 2.25. The average Bonchev–Trinajstić information content (AvgIpc) is 3.04. The summed E-state index contributed by atoms with van der Waals surface area (Å²) < 4.78 is 7.21. The van der Waals surface area contributed by atoms with Crippen LogP contribution in [0.5, 0.6) is 0 Å². The van der Waals surface area contributed by atoms with Gasteiger partial charge in [-0.05, 0) is 40.2 Å². The Morgan fingerprint density at radius 2 is 2.05 bits per heavy atom. The van der Waals surface area contributed by atoms with Gasteiger partial charge in [0.15, 0.2) is 16.2 Å². The predicted octanol–water partition coefficient (Wildman–Crippen LogP) is 3.15. The molecule has 0 aliphatic rings. The van der Waals surface area contributed by atoms with Crippen LogP contribution >= 0.6 is 15.9 Å². The summed E-state index contributed by atoms with van der Waals surface area (Å²) in [4.78, 5) is 24.1. The quantitative estimate of drug-likeness (QED) is 0.543. The Kier molecular flexibility index (Phi) is 3.23. The van der Waals surface area contributed by atoms with Crippen molar-refractivity contribution >= 4 is 33.0 Å². The SMILES string of the molecule is O=C(CC(=O)c1cnn2ccccc12)c1ccc(Br)o1. The molecule has 0 unspecified atom stereocenters. The highest BCUT2D eigenvalue weighted by Crippen LogP contribution is 2.18. The van der Waals surface area contributed by atoms with Gasteiger partial charge in [-0.25, -0.2) is 4.52 Å². The number of carbonyl (C=O) groups excluding carboxylic acids is 2. The van der Waals surface area contributed by atoms with E-state index in [9.17, 15) is 9.59 Å². The summed E-state index contributed by atoms with van der Waals surface area (Å²) in [6.45, 7) is 0. The number of nitrogens with zero attached hydrogens (tertiary/aromatic N) is 2. The molecule has 0 aromatic carbocycles. The van der Waals surface area contributed by atoms with Crippen LogP contribution in [0.15, 0.2) is 51.8 Å². The molecule has 0 saturated heterocycles. The lowest BCUT2D eigenvalue weighted by Gasteiger charge is -1.97. The predicted molar refractivity (Wildman–Crippen MR) is 74.9 cm³/mol. The van der Waals surface area contributed by atoms with Gasteiger partial charge in [0.05, 0.1) is 23.7 Å². The Balaban J connectivity index is 1.84. The first-order chi connectivity index (χ1) is 9.65. The van der Waals surface area contributed by atoms with Gasteiger partial charge < -0.3 is 4.42 Å². The van der Waals surface area contributed by atoms with Gasteiger partial charge in [-0.2, -0.15) is 5.10 Å². The number of carbonyl (C=O) groups is 2. The van der Waals surface area contributed by atoms with E-state index < -0.39 is 0 Å². The van der Waals surface area contributed by atoms with Crippen LogP contribution in [0.1, 0.15) is 27.3 Å². The van der Waals surface area contributed by atoms with E-state index in [2.05, 4.69) is 21.0 Å². The molecule has 0 aliphatic carbocycles. The molecule has 0 saturated carbocycles. The van der Waals surface area contributed by atoms with Crippen molar-refractivity contribution < 1.29 is 14.0 Å². The Morgan fingerprint density at radius 3 is 2.80 bits per heavy atom. The van der Waals surface area contributed by atoms with Gasteiger partial charge in [0.1, 0.15) is 0 Å². The highest BCUT2D eigenvalue weighted by molar-refractivity contribution is 9.10. The van der Waals surface area contributed by atoms with Gasteiger partial charge in [0, 0.05) is 6.20 Å². The number of rotatable bonds is 4. The van der Waals surface area contributed by atoms with Crippen molar-refractivity contribution in [1.82, 2.24) is 9.61 Å². The highest BCUT2D eigenvalue weighted by Gasteiger charge is 2.19. The van der Waals surface area contributed by atoms with Gasteiger partial charge in [0.25, 0.3) is 0 Å². The number of pyridine rings is 1. The zero-order chi connectivity index (χ0) is 14.1. The molecule has 0 bridgehead atoms. The summed E-state index contributed by atoms with van der Waals surface area (Å²) in [7, 11) is 0. The molecule has 0 amide bonds. The molecule has 6 heteroatoms. The van der Waals surface area contributed by atoms with Gasteiger partial charge >= 0.3 is 0 Å². The van der Waals surface area contributed by atoms with Crippen molar-refractivity contribution in [3.8, 4) is 0 Å². The third-order valence-corrected chi connectivity index (χ3v) is 3.32. The van der Waals surface area contributed by atoms with Gasteiger partial charge in [-0.1, -0.05) is 6.07 Å². The van der Waals surface area contributed by atoms with Crippen molar-refractivity contribution in [1.29, 1.82) is 0 Å². The molecule has 0 radical (unpaired) electrons. The van der Waals surface area contributed by atoms with Crippen LogP contribution in [-0.4, -0.2) is 21.2 Å². The summed E-state index contributed by atoms with van der Waals surface area (Å²) in [6, 6.07) is 8.58. The maximum Gasteiger partial charge on any atom is 0.205 e. The van der Waals surface area contributed by atoms with Crippen molar-refractivity contribution in [2.24, 2.45) is 0 Å². The largest absolute Gasteiger partial charge is 0.446 e. The summed E-state index contributed by atoms with van der Waals surface area (Å²) in [5.41, 5.74) is 1.12. The van der Waals surface area contributed by atoms with Crippen molar-refractivity contribution in [2.45, 2.75) is 6.42 Å². The molecular formula is C14H9BrN2O3. The summed E-state index contributed by atoms with van der Waals surface area (Å²) in [6.07, 6.45) is 2.98. The summed E-state index contributed by atoms with van der Waals surface area (Å²) >= 11 is 3.12. The van der Waals surface area contributed by atoms with Crippen LogP contribution in [-0.2, 0) is 0 Å². The van der Waals surface area contributed by atoms with Crippen LogP contribution in [0.25, 0.3) is 5.52 Å². The molecule has 0 N–H and O–H groups in total. The van der Waals surface area contributed by atoms with Crippen LogP contribution in [0.4, 0.5) is 0 Å². The van der Waals surface area contributed by atoms with Crippen molar-refractivity contribution in [3.05, 3.63) is 58.7 Å². The van der Waals surface area contributed by atoms with Gasteiger partial charge in [0.2, 0.25) is 5.78 Å². The number of Topliss-reactive ketones (excluding diaryl/α,β-unsaturated/α-hetero) is 2. The van der Waals surface area contributed by atoms with E-state index in [-0.39, 0.29) is 23.7 Å². The molecule has 5 nitrogen and oxygen atoms in total. The monoisotopic (exact) mass is 332 g/mol. The Bertz CT molecular complexity index is 803. The average molecular weight is 333 g/mol. The van der Waals surface area contributed by atoms with E-state index in [1.807, 2.05) is 12.1 Å². The van der Waals surface area contributed by atoms with E-state index in [1.165, 1.54) is 12.3 Å². The van der Waals surface area contributed by atoms with Crippen LogP contribution in [0, 0.1) is 0 Å². The molecule has 0 spiro atoms. The highest BCUT2D eigenvalue weighted by atomic mass is 79.9. The number of halogens is 1. The summed E-state index contributed by atoms with van der Waals surface area (Å²) in [5, 5.41) is 4.08. The zero-order valence-electron chi connectivity index (χ0n) is 10.2. The second kappa shape index (κ2) is 5.05. The number of furan rings is 1. The lowest BCUT2D eigenvalue weighted by molar-refractivity contribution is 0.0878. The van der Waals surface area contributed by atoms with Crippen LogP contribution in [0.2, 0.25) is 0 Å². The molecule has 3 aromatic rings. The van der Waals surface area contributed by atoms with E-state index >= 15 is 0 Å². The van der Waals surface area contributed by atoms with E-state index in [0.717, 1.165) is 0 Å². The molecule has 0 atom stereocenters. The number of hydrogen-bond donors (Lipinski definition) is 0. The van der Waals surface area contributed by atoms with Crippen LogP contribution < -0.4 is 0 Å². The molecule has 3 aromatic heterocycles. The number of ketones is 2. The lowest BCUT2D eigenvalue weighted by atomic mass is 10.1. The second-order valence-electron chi connectivity index (χ2n) is 4.22. The number of fused-ring (bicyclic) bond motifs is 1. The zero-order valence-corrected chi connectivity index (χ0v) is 11.8. The topological polar surface area (TPSA) is 64.6 Å². The summed E-state index contributed by atoms with van der Waals surface area (Å²) in [5.74, 6) is -0.457. The van der Waals surface area contributed by atoms with E-state index in [0.29, 0.717) is 15.7 Å². The molecule has 20 heavy (non-hydrogen) atoms. The first kappa shape index (κ1) is 12.8. The van der Waals surface area contributed by atoms with Gasteiger partial charge in [-0.15, -0.1) is 0 Å². The van der Waals surface area contributed by atoms with E-state index in [4.69, 9.17) is 4.42 Å². The molecule has 0 aliphatic heterocycles. The van der Waals surface area contributed by atoms with E-state index in [1.54, 1.807) is 22.8 Å². The Hall–Kier alpha value is -2.21. The minimum Gasteiger partial charge on any atom is -0.446 e. The van der Waals surface area contributed by atoms with Gasteiger partial charge in [-0.3, -0.25) is 9.59 Å². The Morgan fingerprint density at radius 1 is 1.20 bits per heavy atom. The third-order valence-electron chi connectivity index (χ3n) is 2.90. The second-order valence-corrected chi connectivity index (χ2v) is 5.00. The molecule has 3 rings (SSSR count). The van der Waals surface area contributed by atoms with Crippen molar-refractivity contribution in [2.75, 3.05) is 0 Å². The standard InChI is InChI=1S/C14H9BrN2O3/c15-14-5-4-13(20-14)12(19)7-11(18)9-8-16-17-6-2-1-3-10(9)17/h1-6,8H,7H2. The Labute approximate surface area is 122 Å². The normalized spacial score (nSPS) is 10.8. The van der Waals surface area contributed by atoms with Crippen molar-refractivity contribution in [3.63, 3.8) is 0 Å². The minimum absolute atomic E-state index is 0.168. The maximum atomic E-state index is 12.2. The third kappa shape index (κ3) is 2.30. The molecular weight excluding hydrogens is 324 g/mol. The maximum absolute atomic E-state index is 12.2. The smallest absolute Gasteiger partial charge is 0.205 e. The molecule has 100 valence electrons. The number of aromatic nitrogens is 2. The first-order valence-corrected chi connectivity index (χ1v) is 6.68. The number of hydrogen-bond acceptors (Lipinski definition) is 4. The van der Waals surface area contributed by atoms with Crippen LogP contribution in [0.3, 0.4) is 0 Å². The lowest BCUT2D eigenvalue weighted by Crippen LogP contribution is -2.07. The fraction of sp³-hybridized carbons (Fsp3) is 0.0714. The first-order valence-electron chi connectivity index (χ1n) is 5.89. The fourth-order valence-electron chi connectivity index (χ4n) is 1.94. The molecule has 3 heterocycles. The minimum atomic E-state index is -0.351. The molecule has 0 fully saturated rings.